The van der Waals surface area contributed by atoms with Gasteiger partial charge in [-0.1, -0.05) is 37.1 Å². The minimum absolute atomic E-state index is 0.150. The van der Waals surface area contributed by atoms with E-state index in [-0.39, 0.29) is 5.75 Å². The van der Waals surface area contributed by atoms with Crippen LogP contribution in [0, 0.1) is 0 Å². The number of nitrogens with zero attached hydrogens (tertiary/aromatic N) is 1. The molecule has 1 aliphatic rings. The van der Waals surface area contributed by atoms with Crippen LogP contribution in [0.2, 0.25) is 0 Å². The van der Waals surface area contributed by atoms with E-state index in [1.54, 1.807) is 41.3 Å². The van der Waals surface area contributed by atoms with Gasteiger partial charge < -0.3 is 15.3 Å². The first-order valence-electron chi connectivity index (χ1n) is 7.98. The fraction of sp³-hybridized carbons (Fsp3) is 0.333. The van der Waals surface area contributed by atoms with Crippen LogP contribution in [-0.4, -0.2) is 34.9 Å². The van der Waals surface area contributed by atoms with Crippen molar-refractivity contribution in [2.24, 2.45) is 0 Å². The molecule has 2 N–H and O–H groups in total. The Bertz CT molecular complexity index is 734. The van der Waals surface area contributed by atoms with Gasteiger partial charge in [-0.25, -0.2) is 0 Å². The molecule has 5 nitrogen and oxygen atoms in total. The maximum Gasteiger partial charge on any atom is 0.313 e. The highest BCUT2D eigenvalue weighted by molar-refractivity contribution is 6.40. The van der Waals surface area contributed by atoms with Crippen molar-refractivity contribution >= 4 is 28.3 Å². The lowest BCUT2D eigenvalue weighted by atomic mass is 10.1. The van der Waals surface area contributed by atoms with Gasteiger partial charge in [0.25, 0.3) is 0 Å². The van der Waals surface area contributed by atoms with Gasteiger partial charge in [0.05, 0.1) is 0 Å². The molecule has 0 radical (unpaired) electrons. The predicted octanol–water partition coefficient (Wildman–Crippen LogP) is 2.89. The number of carbonyl (C=O) groups excluding carboxylic acids is 2. The second-order valence-electron chi connectivity index (χ2n) is 5.84. The van der Waals surface area contributed by atoms with Gasteiger partial charge in [0, 0.05) is 29.5 Å². The number of carbonyl (C=O) groups is 2. The van der Waals surface area contributed by atoms with E-state index in [4.69, 9.17) is 0 Å². The second kappa shape index (κ2) is 6.69. The molecule has 0 unspecified atom stereocenters. The number of phenols is 1. The first-order chi connectivity index (χ1) is 11.2. The normalized spacial score (nSPS) is 15.2. The molecule has 1 fully saturated rings. The lowest BCUT2D eigenvalue weighted by molar-refractivity contribution is -0.143. The van der Waals surface area contributed by atoms with Crippen LogP contribution in [0.1, 0.15) is 25.7 Å². The number of rotatable bonds is 1. The van der Waals surface area contributed by atoms with E-state index < -0.39 is 11.8 Å². The molecule has 0 aliphatic carbocycles. The van der Waals surface area contributed by atoms with Crippen molar-refractivity contribution in [2.45, 2.75) is 25.7 Å². The first kappa shape index (κ1) is 15.3. The molecule has 23 heavy (non-hydrogen) atoms. The monoisotopic (exact) mass is 312 g/mol. The van der Waals surface area contributed by atoms with E-state index >= 15 is 0 Å². The van der Waals surface area contributed by atoms with Crippen LogP contribution in [0.3, 0.4) is 0 Å². The van der Waals surface area contributed by atoms with Gasteiger partial charge in [-0.15, -0.1) is 0 Å². The van der Waals surface area contributed by atoms with E-state index in [0.29, 0.717) is 29.5 Å². The molecule has 0 aromatic heterocycles. The van der Waals surface area contributed by atoms with Gasteiger partial charge in [0.2, 0.25) is 0 Å². The smallest absolute Gasteiger partial charge is 0.313 e. The van der Waals surface area contributed by atoms with E-state index in [2.05, 4.69) is 5.32 Å². The highest BCUT2D eigenvalue weighted by Gasteiger charge is 2.23. The summed E-state index contributed by atoms with van der Waals surface area (Å²) in [6.45, 7) is 1.28. The summed E-state index contributed by atoms with van der Waals surface area (Å²) in [5.74, 6) is -0.954. The highest BCUT2D eigenvalue weighted by atomic mass is 16.3. The number of anilines is 1. The molecule has 2 aromatic rings. The zero-order valence-corrected chi connectivity index (χ0v) is 12.9. The minimum Gasteiger partial charge on any atom is -0.507 e. The molecule has 120 valence electrons. The molecule has 0 bridgehead atoms. The third-order valence-corrected chi connectivity index (χ3v) is 4.23. The number of amides is 2. The van der Waals surface area contributed by atoms with Gasteiger partial charge in [0.1, 0.15) is 5.75 Å². The summed E-state index contributed by atoms with van der Waals surface area (Å²) in [4.78, 5) is 26.2. The average molecular weight is 312 g/mol. The molecule has 1 heterocycles. The van der Waals surface area contributed by atoms with Crippen molar-refractivity contribution in [1.29, 1.82) is 0 Å². The number of fused-ring (bicyclic) bond motifs is 1. The van der Waals surface area contributed by atoms with Crippen molar-refractivity contribution in [3.63, 3.8) is 0 Å². The maximum atomic E-state index is 12.3. The third kappa shape index (κ3) is 3.28. The third-order valence-electron chi connectivity index (χ3n) is 4.23. The minimum atomic E-state index is -0.622. The Morgan fingerprint density at radius 3 is 2.30 bits per heavy atom. The fourth-order valence-electron chi connectivity index (χ4n) is 3.00. The van der Waals surface area contributed by atoms with Gasteiger partial charge >= 0.3 is 11.8 Å². The highest BCUT2D eigenvalue weighted by Crippen LogP contribution is 2.29. The largest absolute Gasteiger partial charge is 0.507 e. The van der Waals surface area contributed by atoms with Crippen LogP contribution >= 0.6 is 0 Å². The Kier molecular flexibility index (Phi) is 4.46. The molecule has 0 spiro atoms. The summed E-state index contributed by atoms with van der Waals surface area (Å²) >= 11 is 0. The van der Waals surface area contributed by atoms with Crippen molar-refractivity contribution in [1.82, 2.24) is 4.90 Å². The number of aromatic hydroxyl groups is 1. The summed E-state index contributed by atoms with van der Waals surface area (Å²) in [5, 5.41) is 13.9. The Labute approximate surface area is 134 Å². The zero-order chi connectivity index (χ0) is 16.2. The van der Waals surface area contributed by atoms with Gasteiger partial charge in [0.15, 0.2) is 0 Å². The molecular formula is C18H20N2O3. The Hall–Kier alpha value is -2.56. The second-order valence-corrected chi connectivity index (χ2v) is 5.84. The zero-order valence-electron chi connectivity index (χ0n) is 12.9. The topological polar surface area (TPSA) is 69.6 Å². The van der Waals surface area contributed by atoms with Crippen molar-refractivity contribution in [2.75, 3.05) is 18.4 Å². The van der Waals surface area contributed by atoms with Crippen LogP contribution in [-0.2, 0) is 9.59 Å². The van der Waals surface area contributed by atoms with Crippen molar-refractivity contribution in [3.05, 3.63) is 36.4 Å². The Morgan fingerprint density at radius 1 is 0.913 bits per heavy atom. The van der Waals surface area contributed by atoms with Crippen LogP contribution in [0.5, 0.6) is 5.75 Å². The van der Waals surface area contributed by atoms with E-state index in [9.17, 15) is 14.7 Å². The van der Waals surface area contributed by atoms with Crippen LogP contribution < -0.4 is 5.32 Å². The number of likely N-dealkylation sites (tertiary alicyclic amines) is 1. The van der Waals surface area contributed by atoms with Crippen LogP contribution in [0.25, 0.3) is 10.8 Å². The summed E-state index contributed by atoms with van der Waals surface area (Å²) in [5.41, 5.74) is 0.534. The first-order valence-corrected chi connectivity index (χ1v) is 7.98. The summed E-state index contributed by atoms with van der Waals surface area (Å²) in [7, 11) is 0. The average Bonchev–Trinajstić information content (AvgIpc) is 2.84. The number of hydrogen-bond acceptors (Lipinski definition) is 3. The van der Waals surface area contributed by atoms with Crippen molar-refractivity contribution in [3.8, 4) is 5.75 Å². The molecule has 1 saturated heterocycles. The molecular weight excluding hydrogens is 292 g/mol. The van der Waals surface area contributed by atoms with Gasteiger partial charge in [-0.3, -0.25) is 9.59 Å². The van der Waals surface area contributed by atoms with Crippen LogP contribution in [0.4, 0.5) is 5.69 Å². The molecule has 5 heteroatoms. The number of benzene rings is 2. The Balaban J connectivity index is 1.80. The van der Waals surface area contributed by atoms with Crippen LogP contribution in [0.15, 0.2) is 36.4 Å². The summed E-state index contributed by atoms with van der Waals surface area (Å²) in [6.07, 6.45) is 4.10. The van der Waals surface area contributed by atoms with Gasteiger partial charge in [-0.2, -0.15) is 0 Å². The van der Waals surface area contributed by atoms with E-state index in [1.165, 1.54) is 0 Å². The molecule has 3 rings (SSSR count). The summed E-state index contributed by atoms with van der Waals surface area (Å²) < 4.78 is 0. The SMILES string of the molecule is O=C(Nc1cccc2c(O)cccc12)C(=O)N1CCCCCC1. The summed E-state index contributed by atoms with van der Waals surface area (Å²) in [6, 6.07) is 10.4. The fourth-order valence-corrected chi connectivity index (χ4v) is 3.00. The standard InChI is InChI=1S/C18H20N2O3/c21-16-10-6-7-13-14(16)8-5-9-15(13)19-17(22)18(23)20-11-3-1-2-4-12-20/h5-10,21H,1-4,11-12H2,(H,19,22). The molecule has 2 amide bonds. The molecule has 2 aromatic carbocycles. The lowest BCUT2D eigenvalue weighted by Gasteiger charge is -2.19. The lowest BCUT2D eigenvalue weighted by Crippen LogP contribution is -2.40. The van der Waals surface area contributed by atoms with E-state index in [1.807, 2.05) is 0 Å². The number of hydrogen-bond donors (Lipinski definition) is 2. The molecule has 0 atom stereocenters. The van der Waals surface area contributed by atoms with Crippen molar-refractivity contribution < 1.29 is 14.7 Å². The quantitative estimate of drug-likeness (QED) is 0.796. The maximum absolute atomic E-state index is 12.3. The van der Waals surface area contributed by atoms with E-state index in [0.717, 1.165) is 25.7 Å². The number of phenolic OH excluding ortho intramolecular Hbond substituents is 1. The molecule has 0 saturated carbocycles. The number of nitrogens with one attached hydrogen (secondary N) is 1. The van der Waals surface area contributed by atoms with Gasteiger partial charge in [-0.05, 0) is 25.0 Å². The molecule has 1 aliphatic heterocycles. The Morgan fingerprint density at radius 2 is 1.57 bits per heavy atom. The predicted molar refractivity (Wildman–Crippen MR) is 89.3 cm³/mol.